The first-order valence-corrected chi connectivity index (χ1v) is 7.84. The highest BCUT2D eigenvalue weighted by molar-refractivity contribution is 9.10. The van der Waals surface area contributed by atoms with Gasteiger partial charge in [0, 0.05) is 34.2 Å². The van der Waals surface area contributed by atoms with Crippen LogP contribution in [0.25, 0.3) is 0 Å². The van der Waals surface area contributed by atoms with Crippen LogP contribution in [0.2, 0.25) is 5.02 Å². The first-order chi connectivity index (χ1) is 9.49. The molecular formula is C15H19BrClN3. The van der Waals surface area contributed by atoms with Crippen molar-refractivity contribution in [2.24, 2.45) is 0 Å². The van der Waals surface area contributed by atoms with Crippen LogP contribution in [-0.4, -0.2) is 16.8 Å². The Bertz CT molecular complexity index is 560. The maximum Gasteiger partial charge on any atom is 0.0643 e. The van der Waals surface area contributed by atoms with Gasteiger partial charge in [0.05, 0.1) is 5.69 Å². The molecule has 1 aromatic heterocycles. The minimum atomic E-state index is 0.195. The van der Waals surface area contributed by atoms with E-state index in [9.17, 15) is 0 Å². The number of hydrogen-bond donors (Lipinski definition) is 1. The number of rotatable bonds is 5. The van der Waals surface area contributed by atoms with Crippen LogP contribution in [0.1, 0.15) is 37.2 Å². The summed E-state index contributed by atoms with van der Waals surface area (Å²) < 4.78 is 2.98. The normalized spacial score (nSPS) is 12.9. The van der Waals surface area contributed by atoms with E-state index in [1.165, 1.54) is 0 Å². The third kappa shape index (κ3) is 3.84. The van der Waals surface area contributed by atoms with Gasteiger partial charge in [-0.1, -0.05) is 27.5 Å². The Labute approximate surface area is 133 Å². The Balaban J connectivity index is 2.19. The van der Waals surface area contributed by atoms with Crippen molar-refractivity contribution >= 4 is 27.5 Å². The molecule has 0 bridgehead atoms. The maximum absolute atomic E-state index is 6.12. The number of halogens is 2. The lowest BCUT2D eigenvalue weighted by Gasteiger charge is -2.16. The number of hydrogen-bond acceptors (Lipinski definition) is 2. The summed E-state index contributed by atoms with van der Waals surface area (Å²) in [6, 6.07) is 8.63. The molecule has 0 radical (unpaired) electrons. The number of benzene rings is 1. The molecular weight excluding hydrogens is 338 g/mol. The summed E-state index contributed by atoms with van der Waals surface area (Å²) in [5.41, 5.74) is 2.24. The van der Waals surface area contributed by atoms with Gasteiger partial charge in [-0.15, -0.1) is 0 Å². The van der Waals surface area contributed by atoms with Gasteiger partial charge >= 0.3 is 0 Å². The van der Waals surface area contributed by atoms with E-state index in [4.69, 9.17) is 11.6 Å². The minimum Gasteiger partial charge on any atom is -0.313 e. The monoisotopic (exact) mass is 355 g/mol. The van der Waals surface area contributed by atoms with Gasteiger partial charge < -0.3 is 5.32 Å². The Hall–Kier alpha value is -0.840. The van der Waals surface area contributed by atoms with E-state index in [0.29, 0.717) is 6.04 Å². The molecule has 5 heteroatoms. The van der Waals surface area contributed by atoms with Crippen molar-refractivity contribution in [1.29, 1.82) is 0 Å². The average Bonchev–Trinajstić information content (AvgIpc) is 2.83. The van der Waals surface area contributed by atoms with E-state index >= 15 is 0 Å². The lowest BCUT2D eigenvalue weighted by atomic mass is 10.0. The zero-order valence-corrected chi connectivity index (χ0v) is 14.2. The quantitative estimate of drug-likeness (QED) is 0.861. The van der Waals surface area contributed by atoms with Gasteiger partial charge in [-0.2, -0.15) is 5.10 Å². The van der Waals surface area contributed by atoms with Gasteiger partial charge in [0.15, 0.2) is 0 Å². The van der Waals surface area contributed by atoms with E-state index in [-0.39, 0.29) is 6.04 Å². The Kier molecular flexibility index (Phi) is 5.24. The van der Waals surface area contributed by atoms with Crippen LogP contribution < -0.4 is 5.32 Å². The first kappa shape index (κ1) is 15.5. The SMILES string of the molecule is CNC(Cc1ccn(C(C)C)n1)c1cc(Cl)cc(Br)c1. The molecule has 0 amide bonds. The van der Waals surface area contributed by atoms with Crippen LogP contribution in [0, 0.1) is 0 Å². The molecule has 1 unspecified atom stereocenters. The second-order valence-electron chi connectivity index (χ2n) is 5.13. The van der Waals surface area contributed by atoms with Gasteiger partial charge in [0.2, 0.25) is 0 Å². The van der Waals surface area contributed by atoms with Crippen molar-refractivity contribution < 1.29 is 0 Å². The summed E-state index contributed by atoms with van der Waals surface area (Å²) in [5.74, 6) is 0. The second-order valence-corrected chi connectivity index (χ2v) is 6.48. The van der Waals surface area contributed by atoms with Crippen molar-refractivity contribution in [3.05, 3.63) is 51.2 Å². The van der Waals surface area contributed by atoms with Crippen LogP contribution in [0.5, 0.6) is 0 Å². The standard InChI is InChI=1S/C15H19BrClN3/c1-10(2)20-5-4-14(19-20)9-15(18-3)11-6-12(16)8-13(17)7-11/h4-8,10,15,18H,9H2,1-3H3. The molecule has 0 spiro atoms. The van der Waals surface area contributed by atoms with Gasteiger partial charge in [-0.3, -0.25) is 4.68 Å². The highest BCUT2D eigenvalue weighted by atomic mass is 79.9. The predicted molar refractivity (Wildman–Crippen MR) is 87.3 cm³/mol. The Morgan fingerprint density at radius 1 is 1.35 bits per heavy atom. The molecule has 1 aromatic carbocycles. The van der Waals surface area contributed by atoms with E-state index in [2.05, 4.69) is 52.3 Å². The van der Waals surface area contributed by atoms with Crippen molar-refractivity contribution in [3.8, 4) is 0 Å². The van der Waals surface area contributed by atoms with Crippen LogP contribution in [0.4, 0.5) is 0 Å². The fraction of sp³-hybridized carbons (Fsp3) is 0.400. The first-order valence-electron chi connectivity index (χ1n) is 6.67. The number of likely N-dealkylation sites (N-methyl/N-ethyl adjacent to an activating group) is 1. The maximum atomic E-state index is 6.12. The second kappa shape index (κ2) is 6.74. The molecule has 2 aromatic rings. The minimum absolute atomic E-state index is 0.195. The summed E-state index contributed by atoms with van der Waals surface area (Å²) in [6.45, 7) is 4.25. The lowest BCUT2D eigenvalue weighted by molar-refractivity contribution is 0.515. The van der Waals surface area contributed by atoms with E-state index < -0.39 is 0 Å². The van der Waals surface area contributed by atoms with Gasteiger partial charge in [0.25, 0.3) is 0 Å². The summed E-state index contributed by atoms with van der Waals surface area (Å²) in [7, 11) is 1.96. The molecule has 1 N–H and O–H groups in total. The van der Waals surface area contributed by atoms with E-state index in [1.807, 2.05) is 30.1 Å². The Morgan fingerprint density at radius 2 is 2.10 bits per heavy atom. The van der Waals surface area contributed by atoms with Crippen LogP contribution >= 0.6 is 27.5 Å². The third-order valence-corrected chi connectivity index (χ3v) is 3.92. The molecule has 0 aliphatic carbocycles. The van der Waals surface area contributed by atoms with Crippen LogP contribution in [0.3, 0.4) is 0 Å². The van der Waals surface area contributed by atoms with Gasteiger partial charge in [-0.25, -0.2) is 0 Å². The fourth-order valence-corrected chi connectivity index (χ4v) is 3.03. The van der Waals surface area contributed by atoms with Crippen molar-refractivity contribution in [1.82, 2.24) is 15.1 Å². The molecule has 2 rings (SSSR count). The Morgan fingerprint density at radius 3 is 2.65 bits per heavy atom. The van der Waals surface area contributed by atoms with Crippen LogP contribution in [-0.2, 0) is 6.42 Å². The molecule has 1 heterocycles. The summed E-state index contributed by atoms with van der Waals surface area (Å²) >= 11 is 9.61. The van der Waals surface area contributed by atoms with Crippen LogP contribution in [0.15, 0.2) is 34.9 Å². The summed E-state index contributed by atoms with van der Waals surface area (Å²) in [6.07, 6.45) is 2.86. The summed E-state index contributed by atoms with van der Waals surface area (Å²) in [5, 5.41) is 8.67. The molecule has 0 saturated heterocycles. The number of nitrogens with zero attached hydrogens (tertiary/aromatic N) is 2. The molecule has 0 aliphatic heterocycles. The van der Waals surface area contributed by atoms with Crippen molar-refractivity contribution in [3.63, 3.8) is 0 Å². The van der Waals surface area contributed by atoms with Crippen molar-refractivity contribution in [2.45, 2.75) is 32.4 Å². The smallest absolute Gasteiger partial charge is 0.0643 e. The number of aromatic nitrogens is 2. The van der Waals surface area contributed by atoms with Crippen molar-refractivity contribution in [2.75, 3.05) is 7.05 Å². The molecule has 108 valence electrons. The zero-order valence-electron chi connectivity index (χ0n) is 11.9. The lowest BCUT2D eigenvalue weighted by Crippen LogP contribution is -2.19. The summed E-state index contributed by atoms with van der Waals surface area (Å²) in [4.78, 5) is 0. The molecule has 0 fully saturated rings. The van der Waals surface area contributed by atoms with E-state index in [1.54, 1.807) is 0 Å². The van der Waals surface area contributed by atoms with Gasteiger partial charge in [-0.05, 0) is 50.7 Å². The predicted octanol–water partition coefficient (Wildman–Crippen LogP) is 4.38. The average molecular weight is 357 g/mol. The molecule has 20 heavy (non-hydrogen) atoms. The van der Waals surface area contributed by atoms with Gasteiger partial charge in [0.1, 0.15) is 0 Å². The molecule has 0 aliphatic rings. The van der Waals surface area contributed by atoms with E-state index in [0.717, 1.165) is 27.2 Å². The molecule has 1 atom stereocenters. The largest absolute Gasteiger partial charge is 0.313 e. The fourth-order valence-electron chi connectivity index (χ4n) is 2.15. The number of nitrogens with one attached hydrogen (secondary N) is 1. The molecule has 3 nitrogen and oxygen atoms in total. The zero-order chi connectivity index (χ0) is 14.7. The third-order valence-electron chi connectivity index (χ3n) is 3.24. The topological polar surface area (TPSA) is 29.9 Å². The highest BCUT2D eigenvalue weighted by Crippen LogP contribution is 2.25. The molecule has 0 saturated carbocycles. The highest BCUT2D eigenvalue weighted by Gasteiger charge is 2.13.